The molecular formula is C24H30N4O2S2. The van der Waals surface area contributed by atoms with Gasteiger partial charge in [-0.05, 0) is 38.3 Å². The summed E-state index contributed by atoms with van der Waals surface area (Å²) in [4.78, 5) is 38.0. The van der Waals surface area contributed by atoms with Crippen molar-refractivity contribution in [2.75, 3.05) is 44.2 Å². The van der Waals surface area contributed by atoms with Crippen molar-refractivity contribution in [1.82, 2.24) is 14.8 Å². The third kappa shape index (κ3) is 5.13. The third-order valence-corrected chi connectivity index (χ3v) is 8.15. The van der Waals surface area contributed by atoms with Gasteiger partial charge in [0.1, 0.15) is 4.83 Å². The van der Waals surface area contributed by atoms with E-state index in [0.29, 0.717) is 32.6 Å². The lowest BCUT2D eigenvalue weighted by Gasteiger charge is -2.34. The number of hydrogen-bond donors (Lipinski definition) is 0. The van der Waals surface area contributed by atoms with Crippen LogP contribution in [0.15, 0.2) is 36.4 Å². The van der Waals surface area contributed by atoms with Crippen LogP contribution in [0.25, 0.3) is 9.53 Å². The van der Waals surface area contributed by atoms with Gasteiger partial charge in [-0.1, -0.05) is 41.7 Å². The third-order valence-electron chi connectivity index (χ3n) is 5.94. The van der Waals surface area contributed by atoms with E-state index >= 15 is 0 Å². The summed E-state index contributed by atoms with van der Waals surface area (Å²) >= 11 is 3.13. The van der Waals surface area contributed by atoms with Crippen molar-refractivity contribution in [3.63, 3.8) is 0 Å². The predicted molar refractivity (Wildman–Crippen MR) is 133 cm³/mol. The highest BCUT2D eigenvalue weighted by Gasteiger charge is 2.26. The van der Waals surface area contributed by atoms with Gasteiger partial charge in [0.15, 0.2) is 5.13 Å². The SMILES string of the molecule is CCN(CC)c1nc2sc(C(=O)N3CCN(C(=O)CCCc4ccccc4)CC3)cc2s1. The van der Waals surface area contributed by atoms with E-state index in [1.165, 1.54) is 16.9 Å². The zero-order chi connectivity index (χ0) is 22.5. The molecule has 3 heterocycles. The van der Waals surface area contributed by atoms with E-state index < -0.39 is 0 Å². The monoisotopic (exact) mass is 470 g/mol. The first-order valence-electron chi connectivity index (χ1n) is 11.3. The summed E-state index contributed by atoms with van der Waals surface area (Å²) in [6.07, 6.45) is 2.34. The zero-order valence-electron chi connectivity index (χ0n) is 18.7. The Labute approximate surface area is 197 Å². The molecule has 1 saturated heterocycles. The Morgan fingerprint density at radius 1 is 1.00 bits per heavy atom. The van der Waals surface area contributed by atoms with Crippen molar-refractivity contribution >= 4 is 49.1 Å². The number of thiazole rings is 1. The molecule has 0 aliphatic carbocycles. The smallest absolute Gasteiger partial charge is 0.264 e. The maximum absolute atomic E-state index is 13.0. The van der Waals surface area contributed by atoms with Crippen LogP contribution in [0.5, 0.6) is 0 Å². The molecule has 2 aromatic heterocycles. The van der Waals surface area contributed by atoms with Gasteiger partial charge < -0.3 is 14.7 Å². The molecule has 0 N–H and O–H groups in total. The molecule has 0 unspecified atom stereocenters. The number of benzene rings is 1. The van der Waals surface area contributed by atoms with Crippen LogP contribution in [0.3, 0.4) is 0 Å². The van der Waals surface area contributed by atoms with Crippen molar-refractivity contribution < 1.29 is 9.59 Å². The molecular weight excluding hydrogens is 440 g/mol. The first-order valence-corrected chi connectivity index (χ1v) is 13.0. The van der Waals surface area contributed by atoms with Crippen molar-refractivity contribution in [2.24, 2.45) is 0 Å². The molecule has 0 atom stereocenters. The Morgan fingerprint density at radius 3 is 2.34 bits per heavy atom. The van der Waals surface area contributed by atoms with Gasteiger partial charge >= 0.3 is 0 Å². The van der Waals surface area contributed by atoms with Crippen molar-refractivity contribution in [2.45, 2.75) is 33.1 Å². The molecule has 32 heavy (non-hydrogen) atoms. The first kappa shape index (κ1) is 22.7. The van der Waals surface area contributed by atoms with Gasteiger partial charge in [0, 0.05) is 45.7 Å². The van der Waals surface area contributed by atoms with E-state index in [9.17, 15) is 9.59 Å². The van der Waals surface area contributed by atoms with Gasteiger partial charge in [-0.25, -0.2) is 4.98 Å². The molecule has 0 saturated carbocycles. The normalized spacial score (nSPS) is 14.2. The number of anilines is 1. The lowest BCUT2D eigenvalue weighted by atomic mass is 10.1. The highest BCUT2D eigenvalue weighted by molar-refractivity contribution is 7.29. The molecule has 0 radical (unpaired) electrons. The van der Waals surface area contributed by atoms with Gasteiger partial charge in [0.25, 0.3) is 5.91 Å². The molecule has 1 aliphatic heterocycles. The maximum atomic E-state index is 13.0. The van der Waals surface area contributed by atoms with Crippen molar-refractivity contribution in [3.8, 4) is 0 Å². The summed E-state index contributed by atoms with van der Waals surface area (Å²) < 4.78 is 1.08. The number of hydrogen-bond acceptors (Lipinski definition) is 6. The maximum Gasteiger partial charge on any atom is 0.264 e. The summed E-state index contributed by atoms with van der Waals surface area (Å²) in [5.74, 6) is 0.249. The number of amides is 2. The Kier molecular flexibility index (Phi) is 7.42. The molecule has 6 nitrogen and oxygen atoms in total. The Balaban J connectivity index is 1.27. The number of fused-ring (bicyclic) bond motifs is 1. The van der Waals surface area contributed by atoms with Gasteiger partial charge in [0.2, 0.25) is 5.91 Å². The van der Waals surface area contributed by atoms with Gasteiger partial charge in [-0.2, -0.15) is 0 Å². The topological polar surface area (TPSA) is 56.8 Å². The number of nitrogens with zero attached hydrogens (tertiary/aromatic N) is 4. The van der Waals surface area contributed by atoms with Crippen LogP contribution in [-0.2, 0) is 11.2 Å². The number of carbonyl (C=O) groups is 2. The molecule has 8 heteroatoms. The molecule has 0 spiro atoms. The summed E-state index contributed by atoms with van der Waals surface area (Å²) in [5.41, 5.74) is 1.27. The summed E-state index contributed by atoms with van der Waals surface area (Å²) in [6, 6.07) is 12.3. The van der Waals surface area contributed by atoms with Crippen LogP contribution in [0.1, 0.15) is 41.9 Å². The van der Waals surface area contributed by atoms with Crippen molar-refractivity contribution in [1.29, 1.82) is 0 Å². The second-order valence-corrected chi connectivity index (χ2v) is 10.0. The van der Waals surface area contributed by atoms with Gasteiger partial charge in [-0.3, -0.25) is 9.59 Å². The number of thiophene rings is 1. The molecule has 3 aromatic rings. The van der Waals surface area contributed by atoms with E-state index in [1.54, 1.807) is 11.3 Å². The van der Waals surface area contributed by atoms with Crippen LogP contribution in [0.4, 0.5) is 5.13 Å². The molecule has 0 bridgehead atoms. The van der Waals surface area contributed by atoms with Crippen LogP contribution >= 0.6 is 22.7 Å². The number of aryl methyl sites for hydroxylation is 1. The lowest BCUT2D eigenvalue weighted by Crippen LogP contribution is -2.50. The number of rotatable bonds is 8. The fraction of sp³-hybridized carbons (Fsp3) is 0.458. The van der Waals surface area contributed by atoms with E-state index in [2.05, 4.69) is 30.9 Å². The fourth-order valence-electron chi connectivity index (χ4n) is 4.02. The molecule has 1 fully saturated rings. The standard InChI is InChI=1S/C24H30N4O2S2/c1-3-26(4-2)24-25-22-19(32-24)17-20(31-22)23(30)28-15-13-27(14-16-28)21(29)12-8-11-18-9-6-5-7-10-18/h5-7,9-10,17H,3-4,8,11-16H2,1-2H3. The second kappa shape index (κ2) is 10.4. The minimum atomic E-state index is 0.0563. The van der Waals surface area contributed by atoms with E-state index in [4.69, 9.17) is 4.98 Å². The fourth-order valence-corrected chi connectivity index (χ4v) is 6.33. The molecule has 4 rings (SSSR count). The van der Waals surface area contributed by atoms with Crippen molar-refractivity contribution in [3.05, 3.63) is 46.8 Å². The summed E-state index contributed by atoms with van der Waals surface area (Å²) in [7, 11) is 0. The molecule has 1 aromatic carbocycles. The Hall–Kier alpha value is -2.45. The Morgan fingerprint density at radius 2 is 1.69 bits per heavy atom. The average Bonchev–Trinajstić information content (AvgIpc) is 3.40. The molecule has 1 aliphatic rings. The Bertz CT molecular complexity index is 1020. The number of aromatic nitrogens is 1. The largest absolute Gasteiger partial charge is 0.349 e. The zero-order valence-corrected chi connectivity index (χ0v) is 20.4. The predicted octanol–water partition coefficient (Wildman–Crippen LogP) is 4.51. The average molecular weight is 471 g/mol. The lowest BCUT2D eigenvalue weighted by molar-refractivity contribution is -0.132. The number of piperazine rings is 1. The second-order valence-electron chi connectivity index (χ2n) is 7.96. The highest BCUT2D eigenvalue weighted by atomic mass is 32.1. The van der Waals surface area contributed by atoms with E-state index in [1.807, 2.05) is 34.1 Å². The van der Waals surface area contributed by atoms with E-state index in [-0.39, 0.29) is 11.8 Å². The van der Waals surface area contributed by atoms with Gasteiger partial charge in [0.05, 0.1) is 9.58 Å². The van der Waals surface area contributed by atoms with Crippen LogP contribution < -0.4 is 4.90 Å². The number of carbonyl (C=O) groups excluding carboxylic acids is 2. The van der Waals surface area contributed by atoms with Crippen LogP contribution in [0, 0.1) is 0 Å². The minimum absolute atomic E-state index is 0.0563. The van der Waals surface area contributed by atoms with E-state index in [0.717, 1.165) is 45.5 Å². The molecule has 170 valence electrons. The summed E-state index contributed by atoms with van der Waals surface area (Å²) in [6.45, 7) is 8.51. The van der Waals surface area contributed by atoms with Gasteiger partial charge in [-0.15, -0.1) is 11.3 Å². The first-order chi connectivity index (χ1) is 15.6. The minimum Gasteiger partial charge on any atom is -0.349 e. The summed E-state index contributed by atoms with van der Waals surface area (Å²) in [5, 5.41) is 1.02. The molecule has 2 amide bonds. The van der Waals surface area contributed by atoms with Crippen LogP contribution in [-0.4, -0.2) is 65.9 Å². The quantitative estimate of drug-likeness (QED) is 0.486. The highest BCUT2D eigenvalue weighted by Crippen LogP contribution is 2.35. The van der Waals surface area contributed by atoms with Crippen LogP contribution in [0.2, 0.25) is 0 Å².